The lowest BCUT2D eigenvalue weighted by atomic mass is 9.90. The average Bonchev–Trinajstić information content (AvgIpc) is 2.66. The molecule has 114 valence electrons. The molecule has 0 radical (unpaired) electrons. The standard InChI is InChI=1S/C23H16O/c1-24-19-7-3-6-18(14-19)20-12-10-17-9-8-15-4-2-5-16-11-13-21(20)23(17)22(15)16/h2-14H,1H3. The van der Waals surface area contributed by atoms with Gasteiger partial charge in [0.1, 0.15) is 5.75 Å². The molecule has 0 atom stereocenters. The Morgan fingerprint density at radius 2 is 1.29 bits per heavy atom. The first-order valence-corrected chi connectivity index (χ1v) is 8.16. The largest absolute Gasteiger partial charge is 0.497 e. The Bertz CT molecular complexity index is 1170. The molecule has 0 aliphatic carbocycles. The molecule has 0 saturated carbocycles. The average molecular weight is 308 g/mol. The summed E-state index contributed by atoms with van der Waals surface area (Å²) < 4.78 is 5.40. The summed E-state index contributed by atoms with van der Waals surface area (Å²) >= 11 is 0. The van der Waals surface area contributed by atoms with Crippen LogP contribution in [0.2, 0.25) is 0 Å². The number of hydrogen-bond donors (Lipinski definition) is 0. The molecule has 0 aliphatic rings. The highest BCUT2D eigenvalue weighted by Crippen LogP contribution is 2.39. The van der Waals surface area contributed by atoms with Crippen LogP contribution in [0.5, 0.6) is 5.75 Å². The van der Waals surface area contributed by atoms with Crippen LogP contribution in [0.25, 0.3) is 43.4 Å². The van der Waals surface area contributed by atoms with Gasteiger partial charge in [-0.3, -0.25) is 0 Å². The molecule has 1 nitrogen and oxygen atoms in total. The van der Waals surface area contributed by atoms with E-state index >= 15 is 0 Å². The summed E-state index contributed by atoms with van der Waals surface area (Å²) in [5.41, 5.74) is 2.44. The second kappa shape index (κ2) is 4.97. The lowest BCUT2D eigenvalue weighted by Gasteiger charge is -2.14. The van der Waals surface area contributed by atoms with Gasteiger partial charge in [-0.05, 0) is 55.6 Å². The molecule has 0 bridgehead atoms. The van der Waals surface area contributed by atoms with Crippen LogP contribution in [0.3, 0.4) is 0 Å². The lowest BCUT2D eigenvalue weighted by molar-refractivity contribution is 0.415. The molecule has 0 N–H and O–H groups in total. The monoisotopic (exact) mass is 308 g/mol. The van der Waals surface area contributed by atoms with Gasteiger partial charge in [0.05, 0.1) is 7.11 Å². The molecule has 0 aromatic heterocycles. The fourth-order valence-electron chi connectivity index (χ4n) is 3.78. The minimum absolute atomic E-state index is 0.887. The van der Waals surface area contributed by atoms with Crippen molar-refractivity contribution < 1.29 is 4.74 Å². The Labute approximate surface area is 140 Å². The van der Waals surface area contributed by atoms with Crippen molar-refractivity contribution in [3.8, 4) is 16.9 Å². The van der Waals surface area contributed by atoms with Crippen LogP contribution in [-0.4, -0.2) is 7.11 Å². The van der Waals surface area contributed by atoms with Gasteiger partial charge in [0.2, 0.25) is 0 Å². The molecular weight excluding hydrogens is 292 g/mol. The maximum Gasteiger partial charge on any atom is 0.119 e. The van der Waals surface area contributed by atoms with Crippen LogP contribution in [0.4, 0.5) is 0 Å². The second-order valence-corrected chi connectivity index (χ2v) is 6.20. The van der Waals surface area contributed by atoms with Gasteiger partial charge in [0.15, 0.2) is 0 Å². The van der Waals surface area contributed by atoms with Gasteiger partial charge in [-0.15, -0.1) is 0 Å². The van der Waals surface area contributed by atoms with Gasteiger partial charge in [0, 0.05) is 0 Å². The van der Waals surface area contributed by atoms with E-state index in [4.69, 9.17) is 4.74 Å². The zero-order valence-electron chi connectivity index (χ0n) is 13.4. The van der Waals surface area contributed by atoms with E-state index in [1.165, 1.54) is 43.4 Å². The van der Waals surface area contributed by atoms with Crippen LogP contribution < -0.4 is 4.74 Å². The van der Waals surface area contributed by atoms with E-state index in [1.54, 1.807) is 7.11 Å². The number of ether oxygens (including phenoxy) is 1. The van der Waals surface area contributed by atoms with E-state index in [2.05, 4.69) is 66.7 Å². The molecule has 0 heterocycles. The van der Waals surface area contributed by atoms with E-state index in [-0.39, 0.29) is 0 Å². The van der Waals surface area contributed by atoms with Crippen LogP contribution in [-0.2, 0) is 0 Å². The van der Waals surface area contributed by atoms with Gasteiger partial charge in [0.25, 0.3) is 0 Å². The van der Waals surface area contributed by atoms with Gasteiger partial charge < -0.3 is 4.74 Å². The maximum atomic E-state index is 5.40. The highest BCUT2D eigenvalue weighted by Gasteiger charge is 2.11. The Kier molecular flexibility index (Phi) is 2.77. The first-order valence-electron chi connectivity index (χ1n) is 8.16. The normalized spacial score (nSPS) is 11.5. The van der Waals surface area contributed by atoms with E-state index in [0.29, 0.717) is 0 Å². The Hall–Kier alpha value is -3.06. The summed E-state index contributed by atoms with van der Waals surface area (Å²) in [7, 11) is 1.71. The van der Waals surface area contributed by atoms with Crippen molar-refractivity contribution in [1.82, 2.24) is 0 Å². The summed E-state index contributed by atoms with van der Waals surface area (Å²) in [6.07, 6.45) is 0. The predicted octanol–water partition coefficient (Wildman–Crippen LogP) is 6.26. The van der Waals surface area contributed by atoms with Gasteiger partial charge in [-0.1, -0.05) is 66.7 Å². The lowest BCUT2D eigenvalue weighted by Crippen LogP contribution is -1.88. The highest BCUT2D eigenvalue weighted by molar-refractivity contribution is 6.25. The molecule has 0 saturated heterocycles. The molecule has 0 aliphatic heterocycles. The Morgan fingerprint density at radius 3 is 2.08 bits per heavy atom. The van der Waals surface area contributed by atoms with Crippen molar-refractivity contribution in [2.75, 3.05) is 7.11 Å². The van der Waals surface area contributed by atoms with E-state index < -0.39 is 0 Å². The fourth-order valence-corrected chi connectivity index (χ4v) is 3.78. The molecule has 5 aromatic carbocycles. The third kappa shape index (κ3) is 1.82. The molecule has 5 rings (SSSR count). The first-order chi connectivity index (χ1) is 11.8. The van der Waals surface area contributed by atoms with E-state index in [0.717, 1.165) is 5.75 Å². The highest BCUT2D eigenvalue weighted by atomic mass is 16.5. The van der Waals surface area contributed by atoms with Crippen molar-refractivity contribution in [2.45, 2.75) is 0 Å². The summed E-state index contributed by atoms with van der Waals surface area (Å²) in [5.74, 6) is 0.887. The van der Waals surface area contributed by atoms with Gasteiger partial charge in [-0.25, -0.2) is 0 Å². The molecule has 0 spiro atoms. The van der Waals surface area contributed by atoms with Gasteiger partial charge >= 0.3 is 0 Å². The summed E-state index contributed by atoms with van der Waals surface area (Å²) in [4.78, 5) is 0. The van der Waals surface area contributed by atoms with Crippen LogP contribution >= 0.6 is 0 Å². The Balaban J connectivity index is 1.93. The molecular formula is C23H16O. The van der Waals surface area contributed by atoms with Crippen LogP contribution in [0.1, 0.15) is 0 Å². The van der Waals surface area contributed by atoms with Crippen molar-refractivity contribution in [1.29, 1.82) is 0 Å². The molecule has 1 heteroatoms. The van der Waals surface area contributed by atoms with E-state index in [1.807, 2.05) is 12.1 Å². The maximum absolute atomic E-state index is 5.40. The topological polar surface area (TPSA) is 9.23 Å². The number of methoxy groups -OCH3 is 1. The SMILES string of the molecule is COc1cccc(-c2ccc3ccc4cccc5ccc2c3c45)c1. The molecule has 5 aromatic rings. The Morgan fingerprint density at radius 1 is 0.625 bits per heavy atom. The molecule has 0 fully saturated rings. The minimum Gasteiger partial charge on any atom is -0.497 e. The number of benzene rings is 5. The van der Waals surface area contributed by atoms with Crippen LogP contribution in [0.15, 0.2) is 78.9 Å². The number of hydrogen-bond acceptors (Lipinski definition) is 1. The number of rotatable bonds is 2. The zero-order valence-corrected chi connectivity index (χ0v) is 13.4. The summed E-state index contributed by atoms with van der Waals surface area (Å²) in [6, 6.07) is 28.2. The third-order valence-corrected chi connectivity index (χ3v) is 4.91. The minimum atomic E-state index is 0.887. The molecule has 24 heavy (non-hydrogen) atoms. The van der Waals surface area contributed by atoms with Crippen molar-refractivity contribution >= 4 is 32.3 Å². The molecule has 0 amide bonds. The fraction of sp³-hybridized carbons (Fsp3) is 0.0435. The third-order valence-electron chi connectivity index (χ3n) is 4.91. The second-order valence-electron chi connectivity index (χ2n) is 6.20. The summed E-state index contributed by atoms with van der Waals surface area (Å²) in [5, 5.41) is 7.90. The predicted molar refractivity (Wildman–Crippen MR) is 102 cm³/mol. The zero-order chi connectivity index (χ0) is 16.1. The van der Waals surface area contributed by atoms with Gasteiger partial charge in [-0.2, -0.15) is 0 Å². The molecule has 0 unspecified atom stereocenters. The quantitative estimate of drug-likeness (QED) is 0.350. The summed E-state index contributed by atoms with van der Waals surface area (Å²) in [6.45, 7) is 0. The van der Waals surface area contributed by atoms with Crippen molar-refractivity contribution in [3.63, 3.8) is 0 Å². The smallest absolute Gasteiger partial charge is 0.119 e. The van der Waals surface area contributed by atoms with Crippen LogP contribution in [0, 0.1) is 0 Å². The van der Waals surface area contributed by atoms with Crippen molar-refractivity contribution in [2.24, 2.45) is 0 Å². The first kappa shape index (κ1) is 13.4. The van der Waals surface area contributed by atoms with E-state index in [9.17, 15) is 0 Å². The van der Waals surface area contributed by atoms with Crippen molar-refractivity contribution in [3.05, 3.63) is 78.9 Å².